The smallest absolute Gasteiger partial charge is 0.251 e. The van der Waals surface area contributed by atoms with E-state index in [1.807, 2.05) is 35.2 Å². The van der Waals surface area contributed by atoms with Crippen molar-refractivity contribution in [2.45, 2.75) is 50.7 Å². The summed E-state index contributed by atoms with van der Waals surface area (Å²) in [6.07, 6.45) is 5.51. The van der Waals surface area contributed by atoms with E-state index in [9.17, 15) is 9.59 Å². The summed E-state index contributed by atoms with van der Waals surface area (Å²) >= 11 is 0. The topological polar surface area (TPSA) is 62.4 Å². The molecule has 0 radical (unpaired) electrons. The van der Waals surface area contributed by atoms with E-state index in [0.29, 0.717) is 31.6 Å². The number of ether oxygens (including phenoxy) is 1. The lowest BCUT2D eigenvalue weighted by Crippen LogP contribution is -2.54. The minimum Gasteiger partial charge on any atom is -0.374 e. The number of H-pyrrole nitrogens is 1. The van der Waals surface area contributed by atoms with Crippen molar-refractivity contribution in [1.82, 2.24) is 9.88 Å². The zero-order chi connectivity index (χ0) is 17.2. The summed E-state index contributed by atoms with van der Waals surface area (Å²) in [5.41, 5.74) is 1.42. The first-order valence-corrected chi connectivity index (χ1v) is 9.24. The number of nitrogens with one attached hydrogen (secondary N) is 1. The Hall–Kier alpha value is -2.14. The fourth-order valence-electron chi connectivity index (χ4n) is 4.17. The van der Waals surface area contributed by atoms with Crippen LogP contribution in [0.25, 0.3) is 10.9 Å². The lowest BCUT2D eigenvalue weighted by molar-refractivity contribution is -0.149. The van der Waals surface area contributed by atoms with Gasteiger partial charge in [0.1, 0.15) is 0 Å². The number of aryl methyl sites for hydroxylation is 1. The minimum atomic E-state index is -0.0935. The van der Waals surface area contributed by atoms with E-state index in [1.165, 1.54) is 12.8 Å². The number of carbonyl (C=O) groups excluding carboxylic acids is 1. The van der Waals surface area contributed by atoms with E-state index < -0.39 is 0 Å². The zero-order valence-electron chi connectivity index (χ0n) is 14.4. The standard InChI is InChI=1S/C20H24N2O3/c23-19(22-11-12-25-18-8-4-3-7-17(18)22)10-9-15-13-14-5-1-2-6-16(14)21-20(15)24/h1-2,5-6,13,17-18H,3-4,7-12H2,(H,21,24). The molecule has 2 aliphatic rings. The number of hydrogen-bond donors (Lipinski definition) is 1. The molecule has 132 valence electrons. The van der Waals surface area contributed by atoms with Crippen LogP contribution in [0.15, 0.2) is 35.1 Å². The van der Waals surface area contributed by atoms with E-state index in [-0.39, 0.29) is 23.6 Å². The molecule has 1 N–H and O–H groups in total. The maximum atomic E-state index is 12.8. The molecule has 1 aromatic carbocycles. The number of fused-ring (bicyclic) bond motifs is 2. The van der Waals surface area contributed by atoms with Gasteiger partial charge in [-0.05, 0) is 36.8 Å². The molecule has 0 spiro atoms. The Kier molecular flexibility index (Phi) is 4.57. The van der Waals surface area contributed by atoms with Gasteiger partial charge in [0, 0.05) is 24.0 Å². The van der Waals surface area contributed by atoms with Crippen molar-refractivity contribution in [2.75, 3.05) is 13.2 Å². The lowest BCUT2D eigenvalue weighted by Gasteiger charge is -2.43. The fourth-order valence-corrected chi connectivity index (χ4v) is 4.17. The van der Waals surface area contributed by atoms with E-state index in [0.717, 1.165) is 23.7 Å². The van der Waals surface area contributed by atoms with Crippen LogP contribution in [0.2, 0.25) is 0 Å². The van der Waals surface area contributed by atoms with Gasteiger partial charge in [0.15, 0.2) is 0 Å². The van der Waals surface area contributed by atoms with Gasteiger partial charge < -0.3 is 14.6 Å². The summed E-state index contributed by atoms with van der Waals surface area (Å²) in [5.74, 6) is 0.146. The van der Waals surface area contributed by atoms with Gasteiger partial charge in [-0.1, -0.05) is 31.0 Å². The molecular formula is C20H24N2O3. The fraction of sp³-hybridized carbons (Fsp3) is 0.500. The molecule has 2 fully saturated rings. The van der Waals surface area contributed by atoms with Crippen molar-refractivity contribution in [3.63, 3.8) is 0 Å². The summed E-state index contributed by atoms with van der Waals surface area (Å²) < 4.78 is 5.84. The molecule has 1 saturated heterocycles. The van der Waals surface area contributed by atoms with Crippen molar-refractivity contribution < 1.29 is 9.53 Å². The normalized spacial score (nSPS) is 23.4. The summed E-state index contributed by atoms with van der Waals surface area (Å²) in [7, 11) is 0. The number of amides is 1. The molecule has 5 nitrogen and oxygen atoms in total. The maximum Gasteiger partial charge on any atom is 0.251 e. The number of carbonyl (C=O) groups is 1. The number of nitrogens with zero attached hydrogens (tertiary/aromatic N) is 1. The number of para-hydroxylation sites is 1. The molecular weight excluding hydrogens is 316 g/mol. The second-order valence-corrected chi connectivity index (χ2v) is 7.06. The van der Waals surface area contributed by atoms with Gasteiger partial charge in [0.05, 0.1) is 18.8 Å². The third-order valence-electron chi connectivity index (χ3n) is 5.49. The number of morpholine rings is 1. The highest BCUT2D eigenvalue weighted by Crippen LogP contribution is 2.29. The van der Waals surface area contributed by atoms with Gasteiger partial charge in [-0.2, -0.15) is 0 Å². The van der Waals surface area contributed by atoms with Crippen molar-refractivity contribution in [2.24, 2.45) is 0 Å². The van der Waals surface area contributed by atoms with Crippen molar-refractivity contribution in [3.05, 3.63) is 46.2 Å². The average molecular weight is 340 g/mol. The highest BCUT2D eigenvalue weighted by atomic mass is 16.5. The van der Waals surface area contributed by atoms with Gasteiger partial charge in [0.2, 0.25) is 5.91 Å². The third-order valence-corrected chi connectivity index (χ3v) is 5.49. The van der Waals surface area contributed by atoms with E-state index in [2.05, 4.69) is 4.98 Å². The summed E-state index contributed by atoms with van der Waals surface area (Å²) in [6, 6.07) is 9.86. The van der Waals surface area contributed by atoms with Crippen LogP contribution in [0.4, 0.5) is 0 Å². The summed E-state index contributed by atoms with van der Waals surface area (Å²) in [5, 5.41) is 1.00. The number of aromatic nitrogens is 1. The number of aromatic amines is 1. The Morgan fingerprint density at radius 2 is 2.08 bits per heavy atom. The first-order valence-electron chi connectivity index (χ1n) is 9.24. The molecule has 1 aliphatic carbocycles. The van der Waals surface area contributed by atoms with E-state index >= 15 is 0 Å². The van der Waals surface area contributed by atoms with Gasteiger partial charge in [-0.3, -0.25) is 9.59 Å². The first-order chi connectivity index (χ1) is 12.2. The van der Waals surface area contributed by atoms with Crippen LogP contribution in [0.3, 0.4) is 0 Å². The van der Waals surface area contributed by atoms with Crippen LogP contribution in [0.1, 0.15) is 37.7 Å². The number of hydrogen-bond acceptors (Lipinski definition) is 3. The predicted molar refractivity (Wildman–Crippen MR) is 96.6 cm³/mol. The molecule has 5 heteroatoms. The van der Waals surface area contributed by atoms with E-state index in [4.69, 9.17) is 4.74 Å². The highest BCUT2D eigenvalue weighted by Gasteiger charge is 2.36. The summed E-state index contributed by atoms with van der Waals surface area (Å²) in [4.78, 5) is 29.9. The quantitative estimate of drug-likeness (QED) is 0.934. The van der Waals surface area contributed by atoms with Crippen molar-refractivity contribution >= 4 is 16.8 Å². The lowest BCUT2D eigenvalue weighted by atomic mass is 9.90. The Morgan fingerprint density at radius 3 is 3.00 bits per heavy atom. The summed E-state index contributed by atoms with van der Waals surface area (Å²) in [6.45, 7) is 1.30. The van der Waals surface area contributed by atoms with Crippen molar-refractivity contribution in [1.29, 1.82) is 0 Å². The third kappa shape index (κ3) is 3.33. The van der Waals surface area contributed by atoms with Crippen molar-refractivity contribution in [3.8, 4) is 0 Å². The monoisotopic (exact) mass is 340 g/mol. The van der Waals surface area contributed by atoms with Crippen LogP contribution in [0, 0.1) is 0 Å². The van der Waals surface area contributed by atoms with Gasteiger partial charge in [-0.25, -0.2) is 0 Å². The van der Waals surface area contributed by atoms with E-state index in [1.54, 1.807) is 0 Å². The molecule has 2 heterocycles. The molecule has 4 rings (SSSR count). The largest absolute Gasteiger partial charge is 0.374 e. The molecule has 1 aromatic heterocycles. The Balaban J connectivity index is 1.46. The Morgan fingerprint density at radius 1 is 1.24 bits per heavy atom. The number of rotatable bonds is 3. The van der Waals surface area contributed by atoms with Crippen LogP contribution >= 0.6 is 0 Å². The predicted octanol–water partition coefficient (Wildman–Crippen LogP) is 2.63. The number of benzene rings is 1. The number of pyridine rings is 1. The molecule has 1 saturated carbocycles. The molecule has 0 bridgehead atoms. The second-order valence-electron chi connectivity index (χ2n) is 7.06. The van der Waals surface area contributed by atoms with Gasteiger partial charge in [0.25, 0.3) is 5.56 Å². The Bertz CT molecular complexity index is 827. The molecule has 2 aromatic rings. The van der Waals surface area contributed by atoms with Crippen LogP contribution in [0.5, 0.6) is 0 Å². The van der Waals surface area contributed by atoms with Gasteiger partial charge >= 0.3 is 0 Å². The molecule has 2 unspecified atom stereocenters. The highest BCUT2D eigenvalue weighted by molar-refractivity contribution is 5.79. The molecule has 2 atom stereocenters. The second kappa shape index (κ2) is 7.00. The maximum absolute atomic E-state index is 12.8. The molecule has 1 aliphatic heterocycles. The van der Waals surface area contributed by atoms with Crippen LogP contribution in [-0.2, 0) is 16.0 Å². The molecule has 1 amide bonds. The van der Waals surface area contributed by atoms with Crippen LogP contribution < -0.4 is 5.56 Å². The zero-order valence-corrected chi connectivity index (χ0v) is 14.4. The van der Waals surface area contributed by atoms with Crippen LogP contribution in [-0.4, -0.2) is 41.1 Å². The minimum absolute atomic E-state index is 0.0935. The Labute approximate surface area is 147 Å². The first kappa shape index (κ1) is 16.3. The SMILES string of the molecule is O=C(CCc1cc2ccccc2[nH]c1=O)N1CCOC2CCCCC21. The molecule has 25 heavy (non-hydrogen) atoms. The average Bonchev–Trinajstić information content (AvgIpc) is 2.65. The van der Waals surface area contributed by atoms with Gasteiger partial charge in [-0.15, -0.1) is 0 Å².